The zero-order chi connectivity index (χ0) is 15.2. The van der Waals surface area contributed by atoms with Gasteiger partial charge in [0.25, 0.3) is 0 Å². The molecular formula is C14H19ClN2O4. The first-order valence-electron chi connectivity index (χ1n) is 6.76. The summed E-state index contributed by atoms with van der Waals surface area (Å²) in [6.07, 6.45) is 1.27. The number of nitrogens with one attached hydrogen (secondary N) is 1. The van der Waals surface area contributed by atoms with Crippen molar-refractivity contribution in [3.63, 3.8) is 0 Å². The van der Waals surface area contributed by atoms with Gasteiger partial charge in [0.1, 0.15) is 13.2 Å². The predicted octanol–water partition coefficient (Wildman–Crippen LogP) is 1.80. The lowest BCUT2D eigenvalue weighted by atomic mass is 10.1. The summed E-state index contributed by atoms with van der Waals surface area (Å²) in [5.74, 6) is 0.854. The fourth-order valence-corrected chi connectivity index (χ4v) is 2.16. The molecule has 116 valence electrons. The van der Waals surface area contributed by atoms with Crippen molar-refractivity contribution in [2.24, 2.45) is 5.73 Å². The predicted molar refractivity (Wildman–Crippen MR) is 80.2 cm³/mol. The van der Waals surface area contributed by atoms with Gasteiger partial charge in [0.2, 0.25) is 5.91 Å². The summed E-state index contributed by atoms with van der Waals surface area (Å²) in [5, 5.41) is 3.10. The van der Waals surface area contributed by atoms with Crippen LogP contribution < -0.4 is 20.5 Å². The molecule has 0 saturated heterocycles. The Morgan fingerprint density at radius 3 is 2.76 bits per heavy atom. The highest BCUT2D eigenvalue weighted by Crippen LogP contribution is 2.37. The second kappa shape index (κ2) is 7.49. The number of ether oxygens (including phenoxy) is 3. The first-order valence-corrected chi connectivity index (χ1v) is 7.14. The highest BCUT2D eigenvalue weighted by molar-refractivity contribution is 6.34. The molecule has 21 heavy (non-hydrogen) atoms. The molecule has 3 N–H and O–H groups in total. The molecule has 1 aliphatic rings. The van der Waals surface area contributed by atoms with Crippen LogP contribution in [0.5, 0.6) is 11.5 Å². The van der Waals surface area contributed by atoms with Crippen LogP contribution >= 0.6 is 11.6 Å². The number of methoxy groups -OCH3 is 1. The lowest BCUT2D eigenvalue weighted by Gasteiger charge is -2.20. The van der Waals surface area contributed by atoms with Gasteiger partial charge in [-0.05, 0) is 12.8 Å². The molecule has 0 aliphatic carbocycles. The Balaban J connectivity index is 2.00. The van der Waals surface area contributed by atoms with Gasteiger partial charge in [-0.2, -0.15) is 0 Å². The standard InChI is InChI=1S/C14H19ClN2O4/c1-19-4-2-3-10(16)14(18)17-11-8-13-12(7-9(11)15)20-5-6-21-13/h7-8,10H,2-6,16H2,1H3,(H,17,18). The number of hydrogen-bond donors (Lipinski definition) is 2. The van der Waals surface area contributed by atoms with E-state index >= 15 is 0 Å². The minimum atomic E-state index is -0.607. The van der Waals surface area contributed by atoms with Crippen LogP contribution in [0, 0.1) is 0 Å². The Morgan fingerprint density at radius 2 is 2.10 bits per heavy atom. The smallest absolute Gasteiger partial charge is 0.241 e. The molecular weight excluding hydrogens is 296 g/mol. The zero-order valence-corrected chi connectivity index (χ0v) is 12.6. The van der Waals surface area contributed by atoms with E-state index in [0.717, 1.165) is 6.42 Å². The van der Waals surface area contributed by atoms with Gasteiger partial charge in [-0.15, -0.1) is 0 Å². The Labute approximate surface area is 128 Å². The highest BCUT2D eigenvalue weighted by atomic mass is 35.5. The second-order valence-corrected chi connectivity index (χ2v) is 5.11. The van der Waals surface area contributed by atoms with Crippen LogP contribution in [0.3, 0.4) is 0 Å². The fourth-order valence-electron chi connectivity index (χ4n) is 1.96. The van der Waals surface area contributed by atoms with E-state index in [0.29, 0.717) is 48.5 Å². The Morgan fingerprint density at radius 1 is 1.43 bits per heavy atom. The number of anilines is 1. The van der Waals surface area contributed by atoms with Crippen molar-refractivity contribution in [1.29, 1.82) is 0 Å². The van der Waals surface area contributed by atoms with E-state index in [9.17, 15) is 4.79 Å². The van der Waals surface area contributed by atoms with Gasteiger partial charge in [-0.1, -0.05) is 11.6 Å². The topological polar surface area (TPSA) is 82.8 Å². The summed E-state index contributed by atoms with van der Waals surface area (Å²) < 4.78 is 15.8. The number of nitrogens with two attached hydrogens (primary N) is 1. The average Bonchev–Trinajstić information content (AvgIpc) is 2.48. The molecule has 1 aromatic carbocycles. The van der Waals surface area contributed by atoms with Gasteiger partial charge < -0.3 is 25.3 Å². The average molecular weight is 315 g/mol. The third kappa shape index (κ3) is 4.23. The van der Waals surface area contributed by atoms with Gasteiger partial charge >= 0.3 is 0 Å². The van der Waals surface area contributed by atoms with E-state index in [2.05, 4.69) is 5.32 Å². The monoisotopic (exact) mass is 314 g/mol. The Hall–Kier alpha value is -1.50. The van der Waals surface area contributed by atoms with Gasteiger partial charge in [0, 0.05) is 25.8 Å². The molecule has 0 radical (unpaired) electrons. The fraction of sp³-hybridized carbons (Fsp3) is 0.500. The van der Waals surface area contributed by atoms with Crippen LogP contribution in [0.4, 0.5) is 5.69 Å². The van der Waals surface area contributed by atoms with Crippen molar-refractivity contribution in [2.45, 2.75) is 18.9 Å². The van der Waals surface area contributed by atoms with Gasteiger partial charge in [0.15, 0.2) is 11.5 Å². The molecule has 7 heteroatoms. The molecule has 0 aromatic heterocycles. The number of rotatable bonds is 6. The van der Waals surface area contributed by atoms with Gasteiger partial charge in [-0.3, -0.25) is 4.79 Å². The molecule has 0 bridgehead atoms. The minimum absolute atomic E-state index is 0.287. The van der Waals surface area contributed by atoms with Crippen LogP contribution in [0.25, 0.3) is 0 Å². The summed E-state index contributed by atoms with van der Waals surface area (Å²) in [5.41, 5.74) is 6.29. The number of halogens is 1. The van der Waals surface area contributed by atoms with E-state index in [4.69, 9.17) is 31.5 Å². The largest absolute Gasteiger partial charge is 0.486 e. The van der Waals surface area contributed by atoms with Crippen molar-refractivity contribution < 1.29 is 19.0 Å². The lowest BCUT2D eigenvalue weighted by Crippen LogP contribution is -2.35. The second-order valence-electron chi connectivity index (χ2n) is 4.71. The van der Waals surface area contributed by atoms with Crippen molar-refractivity contribution in [3.05, 3.63) is 17.2 Å². The van der Waals surface area contributed by atoms with Crippen LogP contribution in [0.2, 0.25) is 5.02 Å². The summed E-state index contributed by atoms with van der Waals surface area (Å²) in [7, 11) is 1.61. The Bertz CT molecular complexity index is 510. The molecule has 0 saturated carbocycles. The maximum absolute atomic E-state index is 12.0. The molecule has 1 unspecified atom stereocenters. The quantitative estimate of drug-likeness (QED) is 0.782. The highest BCUT2D eigenvalue weighted by Gasteiger charge is 2.18. The molecule has 6 nitrogen and oxygen atoms in total. The van der Waals surface area contributed by atoms with E-state index in [1.807, 2.05) is 0 Å². The van der Waals surface area contributed by atoms with Crippen molar-refractivity contribution >= 4 is 23.2 Å². The van der Waals surface area contributed by atoms with Crippen LogP contribution in [0.1, 0.15) is 12.8 Å². The first kappa shape index (κ1) is 15.9. The molecule has 1 heterocycles. The molecule has 1 amide bonds. The van der Waals surface area contributed by atoms with E-state index in [-0.39, 0.29) is 5.91 Å². The first-order chi connectivity index (χ1) is 10.1. The third-order valence-corrected chi connectivity index (χ3v) is 3.40. The third-order valence-electron chi connectivity index (χ3n) is 3.09. The summed E-state index contributed by atoms with van der Waals surface area (Å²) in [4.78, 5) is 12.0. The molecule has 1 atom stereocenters. The van der Waals surface area contributed by atoms with Gasteiger partial charge in [0.05, 0.1) is 16.8 Å². The minimum Gasteiger partial charge on any atom is -0.486 e. The van der Waals surface area contributed by atoms with E-state index in [1.165, 1.54) is 0 Å². The molecule has 0 fully saturated rings. The molecule has 1 aliphatic heterocycles. The molecule has 0 spiro atoms. The SMILES string of the molecule is COCCCC(N)C(=O)Nc1cc2c(cc1Cl)OCCO2. The number of fused-ring (bicyclic) bond motifs is 1. The summed E-state index contributed by atoms with van der Waals surface area (Å²) in [6, 6.07) is 2.67. The summed E-state index contributed by atoms with van der Waals surface area (Å²) >= 11 is 6.13. The van der Waals surface area contributed by atoms with E-state index in [1.54, 1.807) is 19.2 Å². The number of amides is 1. The normalized spacial score (nSPS) is 14.6. The number of hydrogen-bond acceptors (Lipinski definition) is 5. The van der Waals surface area contributed by atoms with Crippen LogP contribution in [-0.2, 0) is 9.53 Å². The maximum atomic E-state index is 12.0. The lowest BCUT2D eigenvalue weighted by molar-refractivity contribution is -0.117. The van der Waals surface area contributed by atoms with Crippen LogP contribution in [-0.4, -0.2) is 38.9 Å². The maximum Gasteiger partial charge on any atom is 0.241 e. The van der Waals surface area contributed by atoms with Crippen molar-refractivity contribution in [2.75, 3.05) is 32.2 Å². The van der Waals surface area contributed by atoms with Crippen molar-refractivity contribution in [1.82, 2.24) is 0 Å². The Kier molecular flexibility index (Phi) is 5.67. The number of carbonyl (C=O) groups is 1. The zero-order valence-electron chi connectivity index (χ0n) is 11.9. The summed E-state index contributed by atoms with van der Waals surface area (Å²) in [6.45, 7) is 1.53. The molecule has 2 rings (SSSR count). The number of carbonyl (C=O) groups excluding carboxylic acids is 1. The van der Waals surface area contributed by atoms with Crippen molar-refractivity contribution in [3.8, 4) is 11.5 Å². The number of benzene rings is 1. The van der Waals surface area contributed by atoms with E-state index < -0.39 is 6.04 Å². The van der Waals surface area contributed by atoms with Crippen LogP contribution in [0.15, 0.2) is 12.1 Å². The van der Waals surface area contributed by atoms with Gasteiger partial charge in [-0.25, -0.2) is 0 Å². The molecule has 1 aromatic rings.